The Morgan fingerprint density at radius 3 is 2.50 bits per heavy atom. The van der Waals surface area contributed by atoms with Gasteiger partial charge in [0.25, 0.3) is 0 Å². The standard InChI is InChI=1S/C24H27Cl2NO5/c1-3-11-32-21-8-6-17(15-18(21)22(28)31-4-2)27-23(29)24(9-12-30-13-10-24)19-7-5-16(25)14-20(19)26/h5-8,14-15H,3-4,9-13H2,1-2H3,(H,27,29). The summed E-state index contributed by atoms with van der Waals surface area (Å²) < 4.78 is 16.4. The summed E-state index contributed by atoms with van der Waals surface area (Å²) in [6.07, 6.45) is 1.75. The van der Waals surface area contributed by atoms with Crippen LogP contribution in [0.5, 0.6) is 5.75 Å². The Bertz CT molecular complexity index is 973. The van der Waals surface area contributed by atoms with E-state index in [1.54, 1.807) is 43.3 Å². The van der Waals surface area contributed by atoms with Crippen molar-refractivity contribution < 1.29 is 23.8 Å². The molecular weight excluding hydrogens is 453 g/mol. The molecule has 1 aliphatic heterocycles. The van der Waals surface area contributed by atoms with Crippen molar-refractivity contribution in [1.82, 2.24) is 0 Å². The number of ether oxygens (including phenoxy) is 3. The van der Waals surface area contributed by atoms with Crippen molar-refractivity contribution in [3.05, 3.63) is 57.6 Å². The molecule has 0 spiro atoms. The highest BCUT2D eigenvalue weighted by molar-refractivity contribution is 6.35. The zero-order valence-corrected chi connectivity index (χ0v) is 19.7. The van der Waals surface area contributed by atoms with Gasteiger partial charge in [-0.3, -0.25) is 4.79 Å². The molecule has 0 unspecified atom stereocenters. The van der Waals surface area contributed by atoms with E-state index in [1.807, 2.05) is 6.92 Å². The molecule has 1 amide bonds. The van der Waals surface area contributed by atoms with E-state index in [0.717, 1.165) is 6.42 Å². The molecule has 0 atom stereocenters. The molecule has 1 aliphatic rings. The second-order valence-corrected chi connectivity index (χ2v) is 8.40. The number of hydrogen-bond donors (Lipinski definition) is 1. The van der Waals surface area contributed by atoms with Crippen LogP contribution in [0.4, 0.5) is 5.69 Å². The third-order valence-corrected chi connectivity index (χ3v) is 5.97. The van der Waals surface area contributed by atoms with E-state index in [-0.39, 0.29) is 18.1 Å². The van der Waals surface area contributed by atoms with E-state index in [0.29, 0.717) is 59.7 Å². The van der Waals surface area contributed by atoms with Crippen LogP contribution in [-0.4, -0.2) is 38.3 Å². The van der Waals surface area contributed by atoms with Gasteiger partial charge in [-0.15, -0.1) is 0 Å². The van der Waals surface area contributed by atoms with Crippen molar-refractivity contribution in [1.29, 1.82) is 0 Å². The molecule has 0 saturated carbocycles. The van der Waals surface area contributed by atoms with E-state index in [4.69, 9.17) is 37.4 Å². The SMILES string of the molecule is CCCOc1ccc(NC(=O)C2(c3ccc(Cl)cc3Cl)CCOCC2)cc1C(=O)OCC. The van der Waals surface area contributed by atoms with Crippen LogP contribution in [0.15, 0.2) is 36.4 Å². The Hall–Kier alpha value is -2.28. The van der Waals surface area contributed by atoms with E-state index >= 15 is 0 Å². The monoisotopic (exact) mass is 479 g/mol. The van der Waals surface area contributed by atoms with Crippen LogP contribution in [-0.2, 0) is 19.7 Å². The van der Waals surface area contributed by atoms with Gasteiger partial charge in [0.2, 0.25) is 5.91 Å². The minimum absolute atomic E-state index is 0.220. The van der Waals surface area contributed by atoms with Gasteiger partial charge in [0, 0.05) is 28.9 Å². The van der Waals surface area contributed by atoms with Crippen LogP contribution < -0.4 is 10.1 Å². The predicted octanol–water partition coefficient (Wildman–Crippen LogP) is 5.65. The van der Waals surface area contributed by atoms with Gasteiger partial charge in [-0.2, -0.15) is 0 Å². The molecule has 0 bridgehead atoms. The molecular formula is C24H27Cl2NO5. The molecule has 0 radical (unpaired) electrons. The molecule has 2 aromatic carbocycles. The number of esters is 1. The lowest BCUT2D eigenvalue weighted by atomic mass is 9.73. The summed E-state index contributed by atoms with van der Waals surface area (Å²) in [6, 6.07) is 10.1. The number of hydrogen-bond acceptors (Lipinski definition) is 5. The van der Waals surface area contributed by atoms with E-state index < -0.39 is 11.4 Å². The van der Waals surface area contributed by atoms with Gasteiger partial charge >= 0.3 is 5.97 Å². The largest absolute Gasteiger partial charge is 0.493 e. The van der Waals surface area contributed by atoms with Gasteiger partial charge in [-0.25, -0.2) is 4.79 Å². The quantitative estimate of drug-likeness (QED) is 0.495. The highest BCUT2D eigenvalue weighted by atomic mass is 35.5. The molecule has 32 heavy (non-hydrogen) atoms. The summed E-state index contributed by atoms with van der Waals surface area (Å²) in [5.41, 5.74) is 0.570. The van der Waals surface area contributed by atoms with Crippen LogP contribution >= 0.6 is 23.2 Å². The van der Waals surface area contributed by atoms with Crippen LogP contribution in [0.1, 0.15) is 49.0 Å². The normalized spacial score (nSPS) is 15.1. The second-order valence-electron chi connectivity index (χ2n) is 7.55. The fourth-order valence-electron chi connectivity index (χ4n) is 3.78. The highest BCUT2D eigenvalue weighted by Crippen LogP contribution is 2.41. The number of benzene rings is 2. The molecule has 6 nitrogen and oxygen atoms in total. The molecule has 3 rings (SSSR count). The predicted molar refractivity (Wildman–Crippen MR) is 125 cm³/mol. The number of carbonyl (C=O) groups is 2. The summed E-state index contributed by atoms with van der Waals surface area (Å²) in [5, 5.41) is 3.90. The number of carbonyl (C=O) groups excluding carboxylic acids is 2. The Morgan fingerprint density at radius 2 is 1.84 bits per heavy atom. The van der Waals surface area contributed by atoms with Crippen molar-refractivity contribution in [2.75, 3.05) is 31.7 Å². The maximum Gasteiger partial charge on any atom is 0.341 e. The molecule has 2 aromatic rings. The lowest BCUT2D eigenvalue weighted by Gasteiger charge is -2.37. The first-order chi connectivity index (χ1) is 15.4. The van der Waals surface area contributed by atoms with Gasteiger partial charge in [0.05, 0.1) is 18.6 Å². The van der Waals surface area contributed by atoms with Crippen LogP contribution in [0, 0.1) is 0 Å². The highest BCUT2D eigenvalue weighted by Gasteiger charge is 2.43. The summed E-state index contributed by atoms with van der Waals surface area (Å²) in [5.74, 6) is -0.303. The summed E-state index contributed by atoms with van der Waals surface area (Å²) in [4.78, 5) is 26.1. The first kappa shape index (κ1) is 24.4. The first-order valence-electron chi connectivity index (χ1n) is 10.7. The van der Waals surface area contributed by atoms with Gasteiger partial charge in [0.1, 0.15) is 11.3 Å². The maximum absolute atomic E-state index is 13.6. The average Bonchev–Trinajstić information content (AvgIpc) is 2.78. The molecule has 1 heterocycles. The molecule has 1 fully saturated rings. The third-order valence-electron chi connectivity index (χ3n) is 5.42. The van der Waals surface area contributed by atoms with Crippen LogP contribution in [0.2, 0.25) is 10.0 Å². The molecule has 8 heteroatoms. The van der Waals surface area contributed by atoms with Gasteiger partial charge < -0.3 is 19.5 Å². The Labute approximate surface area is 198 Å². The Balaban J connectivity index is 1.94. The Morgan fingerprint density at radius 1 is 1.09 bits per heavy atom. The molecule has 172 valence electrons. The van der Waals surface area contributed by atoms with Crippen molar-refractivity contribution in [3.8, 4) is 5.75 Å². The van der Waals surface area contributed by atoms with Crippen molar-refractivity contribution in [2.24, 2.45) is 0 Å². The summed E-state index contributed by atoms with van der Waals surface area (Å²) in [7, 11) is 0. The molecule has 0 aromatic heterocycles. The van der Waals surface area contributed by atoms with Gasteiger partial charge in [-0.1, -0.05) is 36.2 Å². The van der Waals surface area contributed by atoms with Crippen molar-refractivity contribution in [3.63, 3.8) is 0 Å². The number of nitrogens with one attached hydrogen (secondary N) is 1. The molecule has 1 saturated heterocycles. The average molecular weight is 480 g/mol. The molecule has 1 N–H and O–H groups in total. The zero-order valence-electron chi connectivity index (χ0n) is 18.2. The van der Waals surface area contributed by atoms with E-state index in [1.165, 1.54) is 0 Å². The topological polar surface area (TPSA) is 73.9 Å². The van der Waals surface area contributed by atoms with Gasteiger partial charge in [-0.05, 0) is 62.1 Å². The number of amides is 1. The zero-order chi connectivity index (χ0) is 23.1. The van der Waals surface area contributed by atoms with E-state index in [2.05, 4.69) is 5.32 Å². The lowest BCUT2D eigenvalue weighted by Crippen LogP contribution is -2.45. The summed E-state index contributed by atoms with van der Waals surface area (Å²) in [6.45, 7) is 5.29. The number of halogens is 2. The second kappa shape index (κ2) is 11.0. The Kier molecular flexibility index (Phi) is 8.40. The van der Waals surface area contributed by atoms with Gasteiger partial charge in [0.15, 0.2) is 0 Å². The minimum atomic E-state index is -0.874. The molecule has 0 aliphatic carbocycles. The van der Waals surface area contributed by atoms with Crippen LogP contribution in [0.3, 0.4) is 0 Å². The van der Waals surface area contributed by atoms with Crippen LogP contribution in [0.25, 0.3) is 0 Å². The third kappa shape index (κ3) is 5.37. The number of anilines is 1. The fraction of sp³-hybridized carbons (Fsp3) is 0.417. The minimum Gasteiger partial charge on any atom is -0.493 e. The smallest absolute Gasteiger partial charge is 0.341 e. The number of rotatable bonds is 8. The summed E-state index contributed by atoms with van der Waals surface area (Å²) >= 11 is 12.6. The maximum atomic E-state index is 13.6. The first-order valence-corrected chi connectivity index (χ1v) is 11.5. The fourth-order valence-corrected chi connectivity index (χ4v) is 4.37. The van der Waals surface area contributed by atoms with Crippen molar-refractivity contribution >= 4 is 40.8 Å². The lowest BCUT2D eigenvalue weighted by molar-refractivity contribution is -0.125. The van der Waals surface area contributed by atoms with Crippen molar-refractivity contribution in [2.45, 2.75) is 38.5 Å². The van der Waals surface area contributed by atoms with E-state index in [9.17, 15) is 9.59 Å².